The Morgan fingerprint density at radius 3 is 2.85 bits per heavy atom. The molecule has 1 aliphatic rings. The minimum absolute atomic E-state index is 0.563. The maximum Gasteiger partial charge on any atom is 0.213 e. The van der Waals surface area contributed by atoms with Gasteiger partial charge >= 0.3 is 0 Å². The third-order valence-corrected chi connectivity index (χ3v) is 4.42. The Labute approximate surface area is 122 Å². The van der Waals surface area contributed by atoms with Gasteiger partial charge in [0.25, 0.3) is 0 Å². The van der Waals surface area contributed by atoms with Crippen LogP contribution in [0, 0.1) is 5.92 Å². The second-order valence-electron chi connectivity index (χ2n) is 5.65. The fraction of sp³-hybridized carbons (Fsp3) is 0.688. The SMILES string of the molecule is CCN1CCC(C(C)NCc2ccnc(OC)c2)CC1. The van der Waals surface area contributed by atoms with E-state index in [0.717, 1.165) is 12.5 Å². The van der Waals surface area contributed by atoms with Gasteiger partial charge in [0, 0.05) is 24.8 Å². The molecule has 0 bridgehead atoms. The van der Waals surface area contributed by atoms with Gasteiger partial charge in [0.15, 0.2) is 0 Å². The van der Waals surface area contributed by atoms with Gasteiger partial charge in [0.1, 0.15) is 0 Å². The Bertz CT molecular complexity index is 402. The summed E-state index contributed by atoms with van der Waals surface area (Å²) in [5.74, 6) is 1.48. The predicted octanol–water partition coefficient (Wildman–Crippen LogP) is 2.30. The van der Waals surface area contributed by atoms with Crippen LogP contribution in [0.4, 0.5) is 0 Å². The molecule has 1 unspecified atom stereocenters. The van der Waals surface area contributed by atoms with Crippen molar-refractivity contribution in [1.29, 1.82) is 0 Å². The van der Waals surface area contributed by atoms with E-state index in [4.69, 9.17) is 4.74 Å². The fourth-order valence-corrected chi connectivity index (χ4v) is 2.89. The number of likely N-dealkylation sites (tertiary alicyclic amines) is 1. The molecule has 4 nitrogen and oxygen atoms in total. The number of ether oxygens (including phenoxy) is 1. The standard InChI is InChI=1S/C16H27N3O/c1-4-19-9-6-15(7-10-19)13(2)18-12-14-5-8-17-16(11-14)20-3/h5,8,11,13,15,18H,4,6-7,9-10,12H2,1-3H3. The zero-order valence-corrected chi connectivity index (χ0v) is 12.9. The number of methoxy groups -OCH3 is 1. The van der Waals surface area contributed by atoms with E-state index in [1.54, 1.807) is 13.3 Å². The van der Waals surface area contributed by atoms with Crippen molar-refractivity contribution in [3.05, 3.63) is 23.9 Å². The molecule has 1 aliphatic heterocycles. The molecule has 0 radical (unpaired) electrons. The van der Waals surface area contributed by atoms with Crippen LogP contribution in [0.3, 0.4) is 0 Å². The van der Waals surface area contributed by atoms with Gasteiger partial charge in [0.05, 0.1) is 7.11 Å². The Kier molecular flexibility index (Phi) is 5.80. The summed E-state index contributed by atoms with van der Waals surface area (Å²) in [4.78, 5) is 6.68. The molecule has 20 heavy (non-hydrogen) atoms. The Morgan fingerprint density at radius 1 is 1.45 bits per heavy atom. The summed E-state index contributed by atoms with van der Waals surface area (Å²) in [6.45, 7) is 9.12. The van der Waals surface area contributed by atoms with Crippen molar-refractivity contribution in [3.8, 4) is 5.88 Å². The minimum Gasteiger partial charge on any atom is -0.481 e. The normalized spacial score (nSPS) is 18.9. The molecule has 4 heteroatoms. The van der Waals surface area contributed by atoms with E-state index < -0.39 is 0 Å². The first-order valence-corrected chi connectivity index (χ1v) is 7.67. The highest BCUT2D eigenvalue weighted by atomic mass is 16.5. The molecule has 0 aliphatic carbocycles. The first-order chi connectivity index (χ1) is 9.72. The van der Waals surface area contributed by atoms with E-state index in [9.17, 15) is 0 Å². The number of nitrogens with one attached hydrogen (secondary N) is 1. The molecule has 1 fully saturated rings. The van der Waals surface area contributed by atoms with Gasteiger partial charge in [-0.05, 0) is 56.9 Å². The second-order valence-corrected chi connectivity index (χ2v) is 5.65. The largest absolute Gasteiger partial charge is 0.481 e. The Hall–Kier alpha value is -1.13. The molecule has 2 rings (SSSR count). The zero-order valence-electron chi connectivity index (χ0n) is 12.9. The first-order valence-electron chi connectivity index (χ1n) is 7.67. The summed E-state index contributed by atoms with van der Waals surface area (Å²) in [5, 5.41) is 3.65. The van der Waals surface area contributed by atoms with Crippen LogP contribution in [0.1, 0.15) is 32.3 Å². The molecular formula is C16H27N3O. The Morgan fingerprint density at radius 2 is 2.20 bits per heavy atom. The molecule has 0 saturated carbocycles. The van der Waals surface area contributed by atoms with Crippen molar-refractivity contribution in [2.24, 2.45) is 5.92 Å². The number of rotatable bonds is 6. The van der Waals surface area contributed by atoms with Crippen molar-refractivity contribution >= 4 is 0 Å². The lowest BCUT2D eigenvalue weighted by Gasteiger charge is -2.34. The number of nitrogens with zero attached hydrogens (tertiary/aromatic N) is 2. The Balaban J connectivity index is 1.78. The summed E-state index contributed by atoms with van der Waals surface area (Å²) in [7, 11) is 1.66. The molecule has 0 spiro atoms. The smallest absolute Gasteiger partial charge is 0.213 e. The number of hydrogen-bond donors (Lipinski definition) is 1. The van der Waals surface area contributed by atoms with Gasteiger partial charge in [-0.25, -0.2) is 4.98 Å². The summed E-state index contributed by atoms with van der Waals surface area (Å²) >= 11 is 0. The van der Waals surface area contributed by atoms with E-state index in [1.807, 2.05) is 12.1 Å². The molecule has 1 aromatic rings. The van der Waals surface area contributed by atoms with E-state index >= 15 is 0 Å². The number of aromatic nitrogens is 1. The van der Waals surface area contributed by atoms with E-state index in [2.05, 4.69) is 29.0 Å². The van der Waals surface area contributed by atoms with Crippen LogP contribution in [0.5, 0.6) is 5.88 Å². The monoisotopic (exact) mass is 277 g/mol. The predicted molar refractivity (Wildman–Crippen MR) is 81.9 cm³/mol. The maximum absolute atomic E-state index is 5.16. The lowest BCUT2D eigenvalue weighted by atomic mass is 9.90. The first kappa shape index (κ1) is 15.3. The average Bonchev–Trinajstić information content (AvgIpc) is 2.53. The summed E-state index contributed by atoms with van der Waals surface area (Å²) in [5.41, 5.74) is 1.23. The van der Waals surface area contributed by atoms with Crippen molar-refractivity contribution in [3.63, 3.8) is 0 Å². The van der Waals surface area contributed by atoms with Crippen LogP contribution in [-0.2, 0) is 6.54 Å². The van der Waals surface area contributed by atoms with Crippen molar-refractivity contribution in [1.82, 2.24) is 15.2 Å². The van der Waals surface area contributed by atoms with Crippen molar-refractivity contribution < 1.29 is 4.74 Å². The molecule has 0 amide bonds. The zero-order chi connectivity index (χ0) is 14.4. The van der Waals surface area contributed by atoms with E-state index in [0.29, 0.717) is 11.9 Å². The van der Waals surface area contributed by atoms with Gasteiger partial charge in [0.2, 0.25) is 5.88 Å². The molecule has 0 aromatic carbocycles. The number of pyridine rings is 1. The lowest BCUT2D eigenvalue weighted by molar-refractivity contribution is 0.168. The molecule has 2 heterocycles. The van der Waals surface area contributed by atoms with Gasteiger partial charge in [-0.2, -0.15) is 0 Å². The van der Waals surface area contributed by atoms with Gasteiger partial charge in [-0.3, -0.25) is 0 Å². The van der Waals surface area contributed by atoms with Crippen molar-refractivity contribution in [2.75, 3.05) is 26.7 Å². The summed E-state index contributed by atoms with van der Waals surface area (Å²) < 4.78 is 5.16. The molecule has 1 N–H and O–H groups in total. The second kappa shape index (κ2) is 7.60. The third-order valence-electron chi connectivity index (χ3n) is 4.42. The van der Waals surface area contributed by atoms with Crippen LogP contribution in [-0.4, -0.2) is 42.7 Å². The van der Waals surface area contributed by atoms with E-state index in [1.165, 1.54) is 38.0 Å². The molecule has 1 saturated heterocycles. The maximum atomic E-state index is 5.16. The van der Waals surface area contributed by atoms with Crippen LogP contribution < -0.4 is 10.1 Å². The minimum atomic E-state index is 0.563. The molecule has 112 valence electrons. The van der Waals surface area contributed by atoms with Crippen LogP contribution in [0.25, 0.3) is 0 Å². The molecular weight excluding hydrogens is 250 g/mol. The summed E-state index contributed by atoms with van der Waals surface area (Å²) in [6.07, 6.45) is 4.42. The van der Waals surface area contributed by atoms with Crippen LogP contribution in [0.15, 0.2) is 18.3 Å². The van der Waals surface area contributed by atoms with Crippen molar-refractivity contribution in [2.45, 2.75) is 39.3 Å². The highest BCUT2D eigenvalue weighted by Crippen LogP contribution is 2.20. The van der Waals surface area contributed by atoms with Gasteiger partial charge < -0.3 is 15.0 Å². The van der Waals surface area contributed by atoms with Gasteiger partial charge in [-0.15, -0.1) is 0 Å². The van der Waals surface area contributed by atoms with Crippen LogP contribution in [0.2, 0.25) is 0 Å². The summed E-state index contributed by atoms with van der Waals surface area (Å²) in [6, 6.07) is 4.61. The number of piperidine rings is 1. The highest BCUT2D eigenvalue weighted by molar-refractivity contribution is 5.20. The van der Waals surface area contributed by atoms with Gasteiger partial charge in [-0.1, -0.05) is 6.92 Å². The lowest BCUT2D eigenvalue weighted by Crippen LogP contribution is -2.41. The topological polar surface area (TPSA) is 37.4 Å². The average molecular weight is 277 g/mol. The van der Waals surface area contributed by atoms with E-state index in [-0.39, 0.29) is 0 Å². The highest BCUT2D eigenvalue weighted by Gasteiger charge is 2.22. The third kappa shape index (κ3) is 4.18. The fourth-order valence-electron chi connectivity index (χ4n) is 2.89. The number of hydrogen-bond acceptors (Lipinski definition) is 4. The van der Waals surface area contributed by atoms with Crippen LogP contribution >= 0.6 is 0 Å². The molecule has 1 atom stereocenters. The quantitative estimate of drug-likeness (QED) is 0.866. The molecule has 1 aromatic heterocycles.